The van der Waals surface area contributed by atoms with Crippen LogP contribution in [0.1, 0.15) is 56.9 Å². The number of unbranched alkanes of at least 4 members (excludes halogenated alkanes) is 1. The van der Waals surface area contributed by atoms with Gasteiger partial charge in [-0.05, 0) is 50.6 Å². The van der Waals surface area contributed by atoms with E-state index in [4.69, 9.17) is 21.7 Å². The average Bonchev–Trinajstić information content (AvgIpc) is 3.58. The molecule has 1 heterocycles. The van der Waals surface area contributed by atoms with E-state index in [1.807, 2.05) is 0 Å². The van der Waals surface area contributed by atoms with E-state index >= 15 is 0 Å². The van der Waals surface area contributed by atoms with Crippen LogP contribution < -0.4 is 32.7 Å². The molecular formula is C32H47N7O12. The molecule has 0 aromatic heterocycles. The van der Waals surface area contributed by atoms with Crippen LogP contribution in [0.25, 0.3) is 0 Å². The zero-order valence-electron chi connectivity index (χ0n) is 28.0. The SMILES string of the molecule is NCCCC[C@H](NC(=O)[C@H](CC(=O)O)NC(=O)[C@H](CCC(=O)O)NC(=O)[C@@H](N)CO)C(=O)N1CCC[C@H]1C(=O)N[C@@H](Cc1ccccc1)C(=O)O. The van der Waals surface area contributed by atoms with Gasteiger partial charge in [0.05, 0.1) is 13.0 Å². The maximum absolute atomic E-state index is 13.9. The minimum absolute atomic E-state index is 0.00782. The molecule has 1 aliphatic rings. The van der Waals surface area contributed by atoms with Gasteiger partial charge in [0.1, 0.15) is 36.3 Å². The molecule has 5 amide bonds. The molecule has 0 unspecified atom stereocenters. The summed E-state index contributed by atoms with van der Waals surface area (Å²) in [6.07, 6.45) is -0.660. The number of aliphatic hydroxyl groups is 1. The Bertz CT molecular complexity index is 1400. The van der Waals surface area contributed by atoms with Gasteiger partial charge < -0.3 is 58.1 Å². The first-order valence-electron chi connectivity index (χ1n) is 16.5. The number of benzene rings is 1. The smallest absolute Gasteiger partial charge is 0.326 e. The minimum Gasteiger partial charge on any atom is -0.481 e. The molecule has 1 aromatic carbocycles. The highest BCUT2D eigenvalue weighted by molar-refractivity contribution is 5.97. The first-order valence-corrected chi connectivity index (χ1v) is 16.5. The number of aliphatic carboxylic acids is 3. The maximum atomic E-state index is 13.9. The van der Waals surface area contributed by atoms with Crippen LogP contribution in [0.15, 0.2) is 30.3 Å². The second-order valence-corrected chi connectivity index (χ2v) is 12.1. The summed E-state index contributed by atoms with van der Waals surface area (Å²) < 4.78 is 0. The van der Waals surface area contributed by atoms with Crippen LogP contribution in [0.2, 0.25) is 0 Å². The Morgan fingerprint density at radius 2 is 1.41 bits per heavy atom. The maximum Gasteiger partial charge on any atom is 0.326 e. The molecule has 282 valence electrons. The fraction of sp³-hybridized carbons (Fsp3) is 0.562. The number of hydrogen-bond acceptors (Lipinski definition) is 11. The summed E-state index contributed by atoms with van der Waals surface area (Å²) in [5, 5.41) is 46.8. The Labute approximate surface area is 293 Å². The van der Waals surface area contributed by atoms with E-state index in [-0.39, 0.29) is 32.4 Å². The number of carboxylic acid groups (broad SMARTS) is 3. The van der Waals surface area contributed by atoms with E-state index in [1.165, 1.54) is 4.90 Å². The van der Waals surface area contributed by atoms with E-state index < -0.39 is 110 Å². The molecule has 1 aromatic rings. The molecule has 19 heteroatoms. The number of rotatable bonds is 22. The number of carbonyl (C=O) groups is 8. The van der Waals surface area contributed by atoms with Gasteiger partial charge in [0.2, 0.25) is 29.5 Å². The third-order valence-corrected chi connectivity index (χ3v) is 8.12. The Kier molecular flexibility index (Phi) is 17.4. The number of hydrogen-bond donors (Lipinski definition) is 10. The van der Waals surface area contributed by atoms with Crippen LogP contribution in [0.4, 0.5) is 0 Å². The summed E-state index contributed by atoms with van der Waals surface area (Å²) in [5.74, 6) is -8.75. The molecular weight excluding hydrogens is 674 g/mol. The lowest BCUT2D eigenvalue weighted by Crippen LogP contribution is -2.59. The molecule has 0 saturated carbocycles. The van der Waals surface area contributed by atoms with Gasteiger partial charge in [0.25, 0.3) is 0 Å². The van der Waals surface area contributed by atoms with Gasteiger partial charge in [-0.1, -0.05) is 30.3 Å². The zero-order chi connectivity index (χ0) is 38.1. The molecule has 0 radical (unpaired) electrons. The van der Waals surface area contributed by atoms with Crippen molar-refractivity contribution in [3.8, 4) is 0 Å². The van der Waals surface area contributed by atoms with Crippen molar-refractivity contribution in [2.75, 3.05) is 19.7 Å². The summed E-state index contributed by atoms with van der Waals surface area (Å²) in [6, 6.07) is 0.115. The topological polar surface area (TPSA) is 321 Å². The Morgan fingerprint density at radius 1 is 0.784 bits per heavy atom. The molecule has 2 rings (SSSR count). The standard InChI is InChI=1S/C32H47N7O12/c33-13-5-4-9-21(31(49)39-14-6-10-24(39)30(48)38-23(32(50)51)15-18-7-2-1-3-8-18)36-29(47)22(16-26(43)44)37-28(46)20(11-12-25(41)42)35-27(45)19(34)17-40/h1-3,7-8,19-24,40H,4-6,9-17,33-34H2,(H,35,45)(H,36,47)(H,37,46)(H,38,48)(H,41,42)(H,43,44)(H,50,51)/t19-,20-,21-,22-,23-,24-/m0/s1. The Morgan fingerprint density at radius 3 is 2.00 bits per heavy atom. The third-order valence-electron chi connectivity index (χ3n) is 8.12. The van der Waals surface area contributed by atoms with Gasteiger partial charge in [-0.3, -0.25) is 33.6 Å². The molecule has 19 nitrogen and oxygen atoms in total. The number of nitrogens with one attached hydrogen (secondary N) is 4. The minimum atomic E-state index is -1.80. The summed E-state index contributed by atoms with van der Waals surface area (Å²) in [4.78, 5) is 102. The van der Waals surface area contributed by atoms with Crippen LogP contribution in [0.5, 0.6) is 0 Å². The van der Waals surface area contributed by atoms with Crippen molar-refractivity contribution >= 4 is 47.4 Å². The fourth-order valence-electron chi connectivity index (χ4n) is 5.40. The molecule has 0 aliphatic carbocycles. The van der Waals surface area contributed by atoms with Crippen LogP contribution in [-0.4, -0.2) is 129 Å². The number of carboxylic acids is 3. The van der Waals surface area contributed by atoms with E-state index in [0.29, 0.717) is 24.8 Å². The van der Waals surface area contributed by atoms with Crippen LogP contribution in [0, 0.1) is 0 Å². The van der Waals surface area contributed by atoms with E-state index in [2.05, 4.69) is 21.3 Å². The van der Waals surface area contributed by atoms with Crippen LogP contribution in [-0.2, 0) is 44.8 Å². The van der Waals surface area contributed by atoms with Gasteiger partial charge in [0.15, 0.2) is 0 Å². The summed E-state index contributed by atoms with van der Waals surface area (Å²) in [5.41, 5.74) is 11.7. The molecule has 51 heavy (non-hydrogen) atoms. The summed E-state index contributed by atoms with van der Waals surface area (Å²) in [6.45, 7) is -0.439. The number of carbonyl (C=O) groups excluding carboxylic acids is 5. The first-order chi connectivity index (χ1) is 24.2. The molecule has 1 fully saturated rings. The highest BCUT2D eigenvalue weighted by atomic mass is 16.4. The normalized spacial score (nSPS) is 16.8. The summed E-state index contributed by atoms with van der Waals surface area (Å²) in [7, 11) is 0. The van der Waals surface area contributed by atoms with Gasteiger partial charge in [-0.15, -0.1) is 0 Å². The van der Waals surface area contributed by atoms with Crippen molar-refractivity contribution < 1.29 is 58.8 Å². The lowest BCUT2D eigenvalue weighted by Gasteiger charge is -2.30. The molecule has 6 atom stereocenters. The summed E-state index contributed by atoms with van der Waals surface area (Å²) >= 11 is 0. The van der Waals surface area contributed by atoms with Crippen molar-refractivity contribution in [1.29, 1.82) is 0 Å². The number of nitrogens with zero attached hydrogens (tertiary/aromatic N) is 1. The predicted octanol–water partition coefficient (Wildman–Crippen LogP) is -2.97. The van der Waals surface area contributed by atoms with Gasteiger partial charge in [0, 0.05) is 19.4 Å². The van der Waals surface area contributed by atoms with Crippen molar-refractivity contribution in [2.45, 2.75) is 94.0 Å². The lowest BCUT2D eigenvalue weighted by molar-refractivity contribution is -0.145. The van der Waals surface area contributed by atoms with Crippen molar-refractivity contribution in [3.63, 3.8) is 0 Å². The van der Waals surface area contributed by atoms with E-state index in [0.717, 1.165) is 0 Å². The monoisotopic (exact) mass is 721 g/mol. The fourth-order valence-corrected chi connectivity index (χ4v) is 5.40. The number of aliphatic hydroxyl groups excluding tert-OH is 1. The quantitative estimate of drug-likeness (QED) is 0.0535. The Balaban J connectivity index is 2.26. The van der Waals surface area contributed by atoms with Gasteiger partial charge in [-0.2, -0.15) is 0 Å². The van der Waals surface area contributed by atoms with E-state index in [9.17, 15) is 48.6 Å². The molecule has 1 saturated heterocycles. The highest BCUT2D eigenvalue weighted by Crippen LogP contribution is 2.21. The second kappa shape index (κ2) is 21.2. The Hall–Kier alpha value is -5.14. The molecule has 0 spiro atoms. The van der Waals surface area contributed by atoms with Crippen molar-refractivity contribution in [3.05, 3.63) is 35.9 Å². The predicted molar refractivity (Wildman–Crippen MR) is 177 cm³/mol. The number of amides is 5. The van der Waals surface area contributed by atoms with Crippen LogP contribution >= 0.6 is 0 Å². The lowest BCUT2D eigenvalue weighted by atomic mass is 10.0. The molecule has 0 bridgehead atoms. The highest BCUT2D eigenvalue weighted by Gasteiger charge is 2.40. The number of likely N-dealkylation sites (tertiary alicyclic amines) is 1. The molecule has 12 N–H and O–H groups in total. The second-order valence-electron chi connectivity index (χ2n) is 12.1. The van der Waals surface area contributed by atoms with Gasteiger partial charge in [-0.25, -0.2) is 4.79 Å². The molecule has 1 aliphatic heterocycles. The zero-order valence-corrected chi connectivity index (χ0v) is 28.0. The number of nitrogens with two attached hydrogens (primary N) is 2. The average molecular weight is 722 g/mol. The largest absolute Gasteiger partial charge is 0.481 e. The third kappa shape index (κ3) is 13.9. The van der Waals surface area contributed by atoms with E-state index in [1.54, 1.807) is 30.3 Å². The van der Waals surface area contributed by atoms with Crippen LogP contribution in [0.3, 0.4) is 0 Å². The van der Waals surface area contributed by atoms with Gasteiger partial charge >= 0.3 is 17.9 Å². The van der Waals surface area contributed by atoms with Crippen molar-refractivity contribution in [1.82, 2.24) is 26.2 Å². The first kappa shape index (κ1) is 42.0. The van der Waals surface area contributed by atoms with Crippen molar-refractivity contribution in [2.24, 2.45) is 11.5 Å².